The van der Waals surface area contributed by atoms with E-state index in [1.165, 1.54) is 0 Å². The van der Waals surface area contributed by atoms with Crippen LogP contribution in [0.5, 0.6) is 0 Å². The van der Waals surface area contributed by atoms with E-state index in [9.17, 15) is 5.11 Å². The van der Waals surface area contributed by atoms with Crippen LogP contribution in [0.25, 0.3) is 11.1 Å². The summed E-state index contributed by atoms with van der Waals surface area (Å²) in [6.07, 6.45) is 1.50. The molecule has 5 heteroatoms. The molecule has 3 N–H and O–H groups in total. The first-order valence-electron chi connectivity index (χ1n) is 5.82. The lowest BCUT2D eigenvalue weighted by atomic mass is 10.1. The molecule has 1 aromatic heterocycles. The zero-order chi connectivity index (χ0) is 11.8. The molecule has 1 saturated heterocycles. The zero-order valence-electron chi connectivity index (χ0n) is 9.47. The maximum atomic E-state index is 9.63. The number of aliphatic hydroxyl groups excluding tert-OH is 1. The summed E-state index contributed by atoms with van der Waals surface area (Å²) in [7, 11) is 0. The molecule has 1 unspecified atom stereocenters. The van der Waals surface area contributed by atoms with Crippen LogP contribution in [0, 0.1) is 0 Å². The molecule has 1 aliphatic rings. The summed E-state index contributed by atoms with van der Waals surface area (Å²) < 4.78 is 5.66. The van der Waals surface area contributed by atoms with Gasteiger partial charge in [-0.25, -0.2) is 0 Å². The second kappa shape index (κ2) is 3.92. The molecular weight excluding hydrogens is 218 g/mol. The van der Waals surface area contributed by atoms with E-state index >= 15 is 0 Å². The van der Waals surface area contributed by atoms with Crippen molar-refractivity contribution in [1.29, 1.82) is 0 Å². The third kappa shape index (κ3) is 1.82. The van der Waals surface area contributed by atoms with Gasteiger partial charge in [-0.3, -0.25) is 0 Å². The molecule has 1 aliphatic heterocycles. The van der Waals surface area contributed by atoms with Crippen molar-refractivity contribution in [2.75, 3.05) is 23.7 Å². The van der Waals surface area contributed by atoms with Crippen LogP contribution in [0.4, 0.5) is 11.7 Å². The van der Waals surface area contributed by atoms with Crippen molar-refractivity contribution in [3.63, 3.8) is 0 Å². The van der Waals surface area contributed by atoms with Gasteiger partial charge in [-0.05, 0) is 25.0 Å². The summed E-state index contributed by atoms with van der Waals surface area (Å²) in [6.45, 7) is 1.44. The summed E-state index contributed by atoms with van der Waals surface area (Å²) in [5.74, 6) is 0. The number of aromatic nitrogens is 1. The van der Waals surface area contributed by atoms with Crippen molar-refractivity contribution in [3.05, 3.63) is 18.2 Å². The lowest BCUT2D eigenvalue weighted by Gasteiger charge is -2.28. The van der Waals surface area contributed by atoms with Crippen LogP contribution in [0.1, 0.15) is 12.8 Å². The fourth-order valence-electron chi connectivity index (χ4n) is 2.22. The smallest absolute Gasteiger partial charge is 0.298 e. The van der Waals surface area contributed by atoms with E-state index in [0.717, 1.165) is 19.4 Å². The monoisotopic (exact) mass is 233 g/mol. The topological polar surface area (TPSA) is 75.5 Å². The summed E-state index contributed by atoms with van der Waals surface area (Å²) in [5, 5.41) is 9.63. The minimum atomic E-state index is -0.295. The summed E-state index contributed by atoms with van der Waals surface area (Å²) in [6, 6.07) is 6.05. The molecule has 0 bridgehead atoms. The lowest BCUT2D eigenvalue weighted by molar-refractivity contribution is 0.152. The first-order chi connectivity index (χ1) is 8.24. The van der Waals surface area contributed by atoms with Gasteiger partial charge in [-0.2, -0.15) is 4.98 Å². The van der Waals surface area contributed by atoms with Gasteiger partial charge in [-0.15, -0.1) is 0 Å². The molecule has 90 valence electrons. The van der Waals surface area contributed by atoms with Gasteiger partial charge >= 0.3 is 0 Å². The fraction of sp³-hybridized carbons (Fsp3) is 0.417. The molecule has 17 heavy (non-hydrogen) atoms. The van der Waals surface area contributed by atoms with Gasteiger partial charge in [0.15, 0.2) is 5.58 Å². The lowest BCUT2D eigenvalue weighted by Crippen LogP contribution is -2.38. The van der Waals surface area contributed by atoms with Gasteiger partial charge in [-0.1, -0.05) is 6.07 Å². The molecule has 1 aromatic carbocycles. The van der Waals surface area contributed by atoms with Crippen molar-refractivity contribution >= 4 is 22.8 Å². The Bertz CT molecular complexity index is 538. The molecule has 0 saturated carbocycles. The maximum Gasteiger partial charge on any atom is 0.298 e. The molecule has 0 amide bonds. The highest BCUT2D eigenvalue weighted by Crippen LogP contribution is 2.27. The molecule has 5 nitrogen and oxygen atoms in total. The molecule has 1 atom stereocenters. The highest BCUT2D eigenvalue weighted by Gasteiger charge is 2.22. The van der Waals surface area contributed by atoms with Crippen LogP contribution in [0.3, 0.4) is 0 Å². The van der Waals surface area contributed by atoms with E-state index in [1.54, 1.807) is 6.07 Å². The number of para-hydroxylation sites is 1. The molecule has 0 spiro atoms. The maximum absolute atomic E-state index is 9.63. The number of oxazole rings is 1. The van der Waals surface area contributed by atoms with Crippen molar-refractivity contribution in [2.24, 2.45) is 0 Å². The Morgan fingerprint density at radius 1 is 1.47 bits per heavy atom. The predicted molar refractivity (Wildman–Crippen MR) is 65.9 cm³/mol. The van der Waals surface area contributed by atoms with Crippen LogP contribution in [-0.2, 0) is 0 Å². The number of hydrogen-bond acceptors (Lipinski definition) is 5. The van der Waals surface area contributed by atoms with Crippen LogP contribution in [0.15, 0.2) is 22.6 Å². The van der Waals surface area contributed by atoms with Crippen LogP contribution < -0.4 is 10.6 Å². The van der Waals surface area contributed by atoms with E-state index < -0.39 is 0 Å². The summed E-state index contributed by atoms with van der Waals surface area (Å²) in [5.41, 5.74) is 7.85. The number of rotatable bonds is 1. The Morgan fingerprint density at radius 2 is 2.35 bits per heavy atom. The average Bonchev–Trinajstić information content (AvgIpc) is 2.74. The highest BCUT2D eigenvalue weighted by atomic mass is 16.4. The van der Waals surface area contributed by atoms with Crippen LogP contribution in [0.2, 0.25) is 0 Å². The van der Waals surface area contributed by atoms with Crippen LogP contribution in [-0.4, -0.2) is 29.3 Å². The normalized spacial score (nSPS) is 21.0. The highest BCUT2D eigenvalue weighted by molar-refractivity contribution is 5.86. The van der Waals surface area contributed by atoms with E-state index in [2.05, 4.69) is 4.98 Å². The first kappa shape index (κ1) is 10.4. The second-order valence-corrected chi connectivity index (χ2v) is 4.43. The van der Waals surface area contributed by atoms with Gasteiger partial charge in [0.1, 0.15) is 5.52 Å². The SMILES string of the molecule is Nc1cccc2oc(N3CCCC(O)C3)nc12. The second-order valence-electron chi connectivity index (χ2n) is 4.43. The number of anilines is 2. The summed E-state index contributed by atoms with van der Waals surface area (Å²) >= 11 is 0. The van der Waals surface area contributed by atoms with Crippen molar-refractivity contribution in [3.8, 4) is 0 Å². The van der Waals surface area contributed by atoms with Crippen molar-refractivity contribution < 1.29 is 9.52 Å². The van der Waals surface area contributed by atoms with Crippen LogP contribution >= 0.6 is 0 Å². The Morgan fingerprint density at radius 3 is 3.12 bits per heavy atom. The third-order valence-electron chi connectivity index (χ3n) is 3.11. The van der Waals surface area contributed by atoms with Gasteiger partial charge in [0.05, 0.1) is 11.8 Å². The Hall–Kier alpha value is -1.75. The number of benzene rings is 1. The third-order valence-corrected chi connectivity index (χ3v) is 3.11. The standard InChI is InChI=1S/C12H15N3O2/c13-9-4-1-5-10-11(9)14-12(17-10)15-6-2-3-8(16)7-15/h1,4-5,8,16H,2-3,6-7,13H2. The Balaban J connectivity index is 1.97. The zero-order valence-corrected chi connectivity index (χ0v) is 9.47. The number of β-amino-alcohol motifs (C(OH)–C–C–N with tert-alkyl or cyclic N) is 1. The van der Waals surface area contributed by atoms with Crippen molar-refractivity contribution in [2.45, 2.75) is 18.9 Å². The molecule has 0 radical (unpaired) electrons. The van der Waals surface area contributed by atoms with Gasteiger partial charge in [0.2, 0.25) is 0 Å². The Kier molecular flexibility index (Phi) is 2.40. The number of piperidine rings is 1. The van der Waals surface area contributed by atoms with Crippen molar-refractivity contribution in [1.82, 2.24) is 4.98 Å². The largest absolute Gasteiger partial charge is 0.423 e. The minimum absolute atomic E-state index is 0.295. The fourth-order valence-corrected chi connectivity index (χ4v) is 2.22. The number of nitrogens with zero attached hydrogens (tertiary/aromatic N) is 2. The van der Waals surface area contributed by atoms with Gasteiger partial charge < -0.3 is 20.2 Å². The number of aliphatic hydroxyl groups is 1. The average molecular weight is 233 g/mol. The first-order valence-corrected chi connectivity index (χ1v) is 5.82. The number of hydrogen-bond donors (Lipinski definition) is 2. The number of fused-ring (bicyclic) bond motifs is 1. The Labute approximate surface area is 98.8 Å². The minimum Gasteiger partial charge on any atom is -0.423 e. The summed E-state index contributed by atoms with van der Waals surface area (Å²) in [4.78, 5) is 6.36. The molecule has 0 aliphatic carbocycles. The molecule has 3 rings (SSSR count). The predicted octanol–water partition coefficient (Wildman–Crippen LogP) is 1.37. The molecule has 2 heterocycles. The van der Waals surface area contributed by atoms with E-state index in [-0.39, 0.29) is 6.10 Å². The molecule has 2 aromatic rings. The molecule has 1 fully saturated rings. The quantitative estimate of drug-likeness (QED) is 0.727. The number of nitrogens with two attached hydrogens (primary N) is 1. The van der Waals surface area contributed by atoms with Gasteiger partial charge in [0.25, 0.3) is 6.01 Å². The van der Waals surface area contributed by atoms with Gasteiger partial charge in [0, 0.05) is 13.1 Å². The molecular formula is C12H15N3O2. The number of nitrogen functional groups attached to an aromatic ring is 1. The van der Waals surface area contributed by atoms with E-state index in [0.29, 0.717) is 29.3 Å². The van der Waals surface area contributed by atoms with E-state index in [4.69, 9.17) is 10.2 Å². The van der Waals surface area contributed by atoms with E-state index in [1.807, 2.05) is 17.0 Å².